The van der Waals surface area contributed by atoms with E-state index in [4.69, 9.17) is 33.3 Å². The number of aliphatic hydroxyl groups is 3. The van der Waals surface area contributed by atoms with E-state index in [1.807, 2.05) is 11.4 Å². The zero-order chi connectivity index (χ0) is 76.7. The number of hydrogen-bond acceptors (Lipinski definition) is 24. The number of nitrogens with two attached hydrogens (primary N) is 3. The van der Waals surface area contributed by atoms with Crippen molar-refractivity contribution < 1.29 is 106 Å². The van der Waals surface area contributed by atoms with E-state index in [1.54, 1.807) is 54.7 Å². The third kappa shape index (κ3) is 26.4. The van der Waals surface area contributed by atoms with Crippen LogP contribution in [0.4, 0.5) is 5.69 Å². The SMILES string of the molecule is C[C@@H](O)[C@H](NC(=O)[C@H](C[S-])N=C([O-])[C@H](Cc1ccc(N)cc1)N=C([O-])[C@@H](N)CNC(=O)CSCC[C@H]1C(=O)N[C@@H](Cc2ccc(O)cc2)C(=O)N[C@H](Cc2c[nH]c3ccccc23)C(=O)N[C@@H](CCCCN)C(=O)N[C@@H]([C@@H](C)O)C(=O)N[C@@H](Cc2ccccc2)C(=O)N1C)C(=O)N[C@@H](CO)C(=O)O.[O]=[99Tc+3]. The molecule has 1 aliphatic heterocycles. The van der Waals surface area contributed by atoms with E-state index >= 15 is 14.4 Å². The molecule has 33 nitrogen and oxygen atoms in total. The van der Waals surface area contributed by atoms with Gasteiger partial charge in [0.2, 0.25) is 53.2 Å². The number of unbranched alkanes of at least 4 members (excludes halogenated alkanes) is 1. The van der Waals surface area contributed by atoms with Gasteiger partial charge < -0.3 is 118 Å². The molecule has 4 aromatic carbocycles. The Morgan fingerprint density at radius 3 is 1.90 bits per heavy atom. The van der Waals surface area contributed by atoms with Crippen molar-refractivity contribution in [1.29, 1.82) is 0 Å². The van der Waals surface area contributed by atoms with E-state index in [9.17, 15) is 69.3 Å². The summed E-state index contributed by atoms with van der Waals surface area (Å²) >= 11 is 6.97. The summed E-state index contributed by atoms with van der Waals surface area (Å²) in [7, 11) is 1.29. The number of aliphatic carboxylic acids is 1. The Kier molecular flexibility index (Phi) is 35.3. The van der Waals surface area contributed by atoms with Crippen LogP contribution in [0.2, 0.25) is 0 Å². The van der Waals surface area contributed by atoms with Crippen molar-refractivity contribution in [1.82, 2.24) is 52.4 Å². The molecule has 13 atom stereocenters. The van der Waals surface area contributed by atoms with Crippen LogP contribution in [-0.4, -0.2) is 229 Å². The number of carboxylic acids is 1. The van der Waals surface area contributed by atoms with Gasteiger partial charge in [0.15, 0.2) is 0 Å². The quantitative estimate of drug-likeness (QED) is 0.00631. The van der Waals surface area contributed by atoms with Gasteiger partial charge in [-0.1, -0.05) is 72.8 Å². The van der Waals surface area contributed by atoms with Gasteiger partial charge in [-0.2, -0.15) is 11.8 Å². The van der Waals surface area contributed by atoms with Crippen LogP contribution < -0.4 is 69.9 Å². The maximum absolute atomic E-state index is 15.2. The van der Waals surface area contributed by atoms with E-state index in [-0.39, 0.29) is 62.3 Å². The van der Waals surface area contributed by atoms with Crippen molar-refractivity contribution in [2.45, 2.75) is 144 Å². The van der Waals surface area contributed by atoms with E-state index in [0.29, 0.717) is 51.7 Å². The maximum atomic E-state index is 15.2. The first-order chi connectivity index (χ1) is 49.6. The van der Waals surface area contributed by atoms with Crippen LogP contribution >= 0.6 is 11.8 Å². The second kappa shape index (κ2) is 43.0. The molecule has 562 valence electrons. The van der Waals surface area contributed by atoms with Gasteiger partial charge in [-0.15, -0.1) is 5.75 Å². The predicted octanol–water partition coefficient (Wildman–Crippen LogP) is -4.82. The monoisotopic (exact) mass is 1570 g/mol. The number of aromatic amines is 1. The summed E-state index contributed by atoms with van der Waals surface area (Å²) in [4.78, 5) is 153. The van der Waals surface area contributed by atoms with Crippen molar-refractivity contribution >= 4 is 112 Å². The van der Waals surface area contributed by atoms with Gasteiger partial charge in [-0.25, -0.2) is 4.79 Å². The molecule has 1 aliphatic rings. The number of nitrogens with one attached hydrogen (secondary N) is 9. The van der Waals surface area contributed by atoms with Gasteiger partial charge in [-0.3, -0.25) is 53.1 Å². The molecule has 36 heteroatoms. The fourth-order valence-electron chi connectivity index (χ4n) is 10.8. The van der Waals surface area contributed by atoms with E-state index in [0.717, 1.165) is 42.4 Å². The predicted molar refractivity (Wildman–Crippen MR) is 378 cm³/mol. The van der Waals surface area contributed by atoms with Gasteiger partial charge >= 0.3 is 28.3 Å². The van der Waals surface area contributed by atoms with Crippen molar-refractivity contribution in [2.75, 3.05) is 49.7 Å². The number of rotatable bonds is 32. The fourth-order valence-corrected chi connectivity index (χ4v) is 11.8. The Bertz CT molecular complexity index is 3770. The number of amides is 9. The van der Waals surface area contributed by atoms with Gasteiger partial charge in [0.05, 0.1) is 30.6 Å². The number of aliphatic hydroxyl groups excluding tert-OH is 3. The molecule has 0 unspecified atom stereocenters. The Balaban J connectivity index is 0.00000963. The summed E-state index contributed by atoms with van der Waals surface area (Å²) in [5.41, 5.74) is 21.0. The average molecular weight is 1570 g/mol. The molecule has 0 aliphatic carbocycles. The summed E-state index contributed by atoms with van der Waals surface area (Å²) in [5, 5.41) is 98.9. The Morgan fingerprint density at radius 1 is 0.702 bits per heavy atom. The van der Waals surface area contributed by atoms with Crippen LogP contribution in [0.25, 0.3) is 10.9 Å². The molecule has 2 heterocycles. The number of carbonyl (C=O) groups is 10. The number of H-pyrrole nitrogens is 1. The normalized spacial score (nSPS) is 20.1. The molecule has 0 spiro atoms. The fraction of sp³-hybridized carbons (Fsp3) is 0.441. The number of phenols is 1. The first kappa shape index (κ1) is 85.3. The number of nitrogens with zero attached hydrogens (tertiary/aromatic N) is 3. The van der Waals surface area contributed by atoms with E-state index in [2.05, 4.69) is 52.2 Å². The molecule has 1 saturated heterocycles. The van der Waals surface area contributed by atoms with Crippen LogP contribution in [0.1, 0.15) is 61.8 Å². The minimum atomic E-state index is -1.81. The number of thioether (sulfide) groups is 1. The molecule has 20 N–H and O–H groups in total. The number of aromatic hydroxyl groups is 1. The minimum absolute atomic E-state index is 0.00507. The zero-order valence-electron chi connectivity index (χ0n) is 57.1. The van der Waals surface area contributed by atoms with Gasteiger partial charge in [0, 0.05) is 61.7 Å². The number of carbonyl (C=O) groups excluding carboxylic acids is 9. The van der Waals surface area contributed by atoms with Crippen molar-refractivity contribution in [3.8, 4) is 5.75 Å². The number of para-hydroxylation sites is 1. The second-order valence-electron chi connectivity index (χ2n) is 24.5. The third-order valence-corrected chi connectivity index (χ3v) is 17.9. The van der Waals surface area contributed by atoms with Crippen LogP contribution in [0.15, 0.2) is 119 Å². The van der Waals surface area contributed by atoms with Crippen LogP contribution in [-0.2, 0) is 109 Å². The molecule has 104 heavy (non-hydrogen) atoms. The molecule has 0 radical (unpaired) electrons. The average Bonchev–Trinajstić information content (AvgIpc) is 1.21. The number of aliphatic imine (C=N–C) groups is 2. The zero-order valence-corrected chi connectivity index (χ0v) is 60.6. The topological polar surface area (TPSA) is 553 Å². The van der Waals surface area contributed by atoms with Crippen LogP contribution in [0, 0.1) is 0 Å². The first-order valence-electron chi connectivity index (χ1n) is 32.9. The Morgan fingerprint density at radius 2 is 1.28 bits per heavy atom. The summed E-state index contributed by atoms with van der Waals surface area (Å²) in [6.45, 7) is 1.02. The number of benzene rings is 4. The standard InChI is InChI=1S/C68H91N15O17S2.O.Tc/c1-36(85)56-65(96)78-51(29-38-11-5-4-6-12-38)67(98)83(3)54(64(95)77-49(28-40-18-22-43(87)23-19-40)60(91)76-50(30-41-31-72-46-14-8-7-13-44(41)46)62(93)74-47(59(90)81-56)15-9-10-25-69)24-26-102-35-55(88)73-32-45(71)58(89)75-48(27-39-16-20-42(70)21-17-39)61(92)80-53(34-101)63(94)82-57(37(2)86)66(97)79-52(33-84)68(99)100;;/h4-8,11-14,16-23,31,36-37,45,47-54,56-57,72,84-87,101H,9-10,15,24-30,32-35,69-71H2,1-3H3,(H,73,88)(H,74,93)(H,75,89)(H,76,91)(H,77,95)(H,78,96)(H,79,97)(H,80,92)(H,81,90)(H,82,94)(H,99,100);;/q;;+3/p-3/t36-,37-,45+,47+,48+,49+,50-,51+,52+,53+,54+,56+,57+;;/m1../s1/i;;1+1. The van der Waals surface area contributed by atoms with Crippen LogP contribution in [0.5, 0.6) is 5.75 Å². The molecule has 0 saturated carbocycles. The molecule has 1 aromatic heterocycles. The first-order valence-corrected chi connectivity index (χ1v) is 35.4. The number of nitrogen functional groups attached to an aromatic ring is 1. The molecule has 1 fully saturated rings. The summed E-state index contributed by atoms with van der Waals surface area (Å²) < 4.78 is 8.22. The van der Waals surface area contributed by atoms with Gasteiger partial charge in [0.25, 0.3) is 0 Å². The summed E-state index contributed by atoms with van der Waals surface area (Å²) in [6.07, 6.45) is -1.89. The molecule has 0 bridgehead atoms. The number of phenolic OH excluding ortho intramolecular Hbond substituents is 1. The van der Waals surface area contributed by atoms with E-state index < -0.39 is 169 Å². The van der Waals surface area contributed by atoms with Gasteiger partial charge in [-0.05, 0) is 123 Å². The number of hydrogen-bond donors (Lipinski definition) is 17. The van der Waals surface area contributed by atoms with Crippen molar-refractivity contribution in [3.63, 3.8) is 0 Å². The molecule has 9 amide bonds. The van der Waals surface area contributed by atoms with Crippen LogP contribution in [0.3, 0.4) is 0 Å². The van der Waals surface area contributed by atoms with Crippen molar-refractivity contribution in [3.05, 3.63) is 132 Å². The molecule has 5 aromatic rings. The van der Waals surface area contributed by atoms with E-state index in [1.165, 1.54) is 62.5 Å². The van der Waals surface area contributed by atoms with Gasteiger partial charge in [0.1, 0.15) is 60.1 Å². The third-order valence-electron chi connectivity index (χ3n) is 16.6. The number of carboxylic acid groups (broad SMARTS) is 1. The molecule has 6 rings (SSSR count). The number of likely N-dealkylation sites (N-methyl/N-ethyl adjacent to an activating group) is 1. The van der Waals surface area contributed by atoms with Crippen molar-refractivity contribution in [2.24, 2.45) is 21.5 Å². The second-order valence-corrected chi connectivity index (χ2v) is 25.9. The number of aromatic nitrogens is 1. The number of fused-ring (bicyclic) bond motifs is 1. The summed E-state index contributed by atoms with van der Waals surface area (Å²) in [6, 6.07) is 9.95. The summed E-state index contributed by atoms with van der Waals surface area (Å²) in [5.74, 6) is -13.3. The molecular formula is C68H88N15O18S2Tc. The number of anilines is 1. The Hall–Kier alpha value is -9.39. The molecular weight excluding hydrogens is 1480 g/mol. The Labute approximate surface area is 619 Å².